The number of hydrogen-bond acceptors (Lipinski definition) is 4. The molecule has 2 aromatic heterocycles. The maximum Gasteiger partial charge on any atom is 0.122 e. The van der Waals surface area contributed by atoms with Crippen LogP contribution in [0.5, 0.6) is 0 Å². The van der Waals surface area contributed by atoms with Crippen molar-refractivity contribution in [2.45, 2.75) is 33.1 Å². The molecule has 0 atom stereocenters. The first-order chi connectivity index (χ1) is 9.35. The highest BCUT2D eigenvalue weighted by atomic mass is 16.3. The van der Waals surface area contributed by atoms with E-state index < -0.39 is 0 Å². The van der Waals surface area contributed by atoms with Crippen molar-refractivity contribution in [3.8, 4) is 0 Å². The Hall–Kier alpha value is -1.59. The Morgan fingerprint density at radius 2 is 2.37 bits per heavy atom. The molecule has 0 saturated heterocycles. The van der Waals surface area contributed by atoms with Crippen LogP contribution in [0.15, 0.2) is 29.1 Å². The number of fused-ring (bicyclic) bond motifs is 1. The largest absolute Gasteiger partial charge is 0.468 e. The molecule has 0 fully saturated rings. The first kappa shape index (κ1) is 12.4. The van der Waals surface area contributed by atoms with E-state index >= 15 is 0 Å². The SMILES string of the molecule is CCNCc1coc(CN2CCn3ccnc3C2)c1. The molecule has 19 heavy (non-hydrogen) atoms. The van der Waals surface area contributed by atoms with Gasteiger partial charge in [0, 0.05) is 37.6 Å². The quantitative estimate of drug-likeness (QED) is 0.887. The van der Waals surface area contributed by atoms with Crippen molar-refractivity contribution in [2.24, 2.45) is 0 Å². The Kier molecular flexibility index (Phi) is 3.66. The predicted octanol–water partition coefficient (Wildman–Crippen LogP) is 1.60. The summed E-state index contributed by atoms with van der Waals surface area (Å²) in [7, 11) is 0. The van der Waals surface area contributed by atoms with Crippen LogP contribution in [-0.2, 0) is 26.2 Å². The van der Waals surface area contributed by atoms with Gasteiger partial charge in [0.1, 0.15) is 11.6 Å². The summed E-state index contributed by atoms with van der Waals surface area (Å²) in [6.45, 7) is 7.79. The Morgan fingerprint density at radius 1 is 1.42 bits per heavy atom. The van der Waals surface area contributed by atoms with Gasteiger partial charge in [0.2, 0.25) is 0 Å². The van der Waals surface area contributed by atoms with Crippen molar-refractivity contribution in [1.82, 2.24) is 19.8 Å². The first-order valence-corrected chi connectivity index (χ1v) is 6.84. The van der Waals surface area contributed by atoms with Gasteiger partial charge in [0.05, 0.1) is 19.4 Å². The summed E-state index contributed by atoms with van der Waals surface area (Å²) < 4.78 is 7.84. The molecule has 0 radical (unpaired) electrons. The molecular weight excluding hydrogens is 240 g/mol. The van der Waals surface area contributed by atoms with Crippen molar-refractivity contribution >= 4 is 0 Å². The average Bonchev–Trinajstić information content (AvgIpc) is 3.05. The van der Waals surface area contributed by atoms with Gasteiger partial charge in [-0.05, 0) is 12.6 Å². The van der Waals surface area contributed by atoms with Crippen molar-refractivity contribution < 1.29 is 4.42 Å². The minimum atomic E-state index is 0.860. The molecule has 3 heterocycles. The summed E-state index contributed by atoms with van der Waals surface area (Å²) in [5.74, 6) is 2.18. The highest BCUT2D eigenvalue weighted by Crippen LogP contribution is 2.15. The molecule has 0 unspecified atom stereocenters. The van der Waals surface area contributed by atoms with Crippen molar-refractivity contribution in [3.63, 3.8) is 0 Å². The van der Waals surface area contributed by atoms with Gasteiger partial charge in [0.15, 0.2) is 0 Å². The zero-order chi connectivity index (χ0) is 13.1. The molecular formula is C14H20N4O. The molecule has 0 spiro atoms. The summed E-state index contributed by atoms with van der Waals surface area (Å²) in [4.78, 5) is 6.75. The normalized spacial score (nSPS) is 15.6. The molecule has 5 heteroatoms. The van der Waals surface area contributed by atoms with Crippen molar-refractivity contribution in [2.75, 3.05) is 13.1 Å². The van der Waals surface area contributed by atoms with E-state index in [9.17, 15) is 0 Å². The second kappa shape index (κ2) is 5.59. The lowest BCUT2D eigenvalue weighted by molar-refractivity contribution is 0.194. The molecule has 1 aliphatic heterocycles. The summed E-state index contributed by atoms with van der Waals surface area (Å²) >= 11 is 0. The van der Waals surface area contributed by atoms with Crippen LogP contribution in [0, 0.1) is 0 Å². The number of rotatable bonds is 5. The zero-order valence-corrected chi connectivity index (χ0v) is 11.3. The van der Waals surface area contributed by atoms with Gasteiger partial charge in [-0.1, -0.05) is 6.92 Å². The van der Waals surface area contributed by atoms with E-state index in [2.05, 4.69) is 32.8 Å². The lowest BCUT2D eigenvalue weighted by Gasteiger charge is -2.26. The minimum Gasteiger partial charge on any atom is -0.468 e. The summed E-state index contributed by atoms with van der Waals surface area (Å²) in [5.41, 5.74) is 1.22. The third-order valence-corrected chi connectivity index (χ3v) is 3.49. The monoisotopic (exact) mass is 260 g/mol. The number of nitrogens with zero attached hydrogens (tertiary/aromatic N) is 3. The van der Waals surface area contributed by atoms with E-state index in [-0.39, 0.29) is 0 Å². The van der Waals surface area contributed by atoms with Gasteiger partial charge in [-0.25, -0.2) is 4.98 Å². The topological polar surface area (TPSA) is 46.2 Å². The Bertz CT molecular complexity index is 531. The molecule has 5 nitrogen and oxygen atoms in total. The van der Waals surface area contributed by atoms with Crippen LogP contribution < -0.4 is 5.32 Å². The maximum absolute atomic E-state index is 5.63. The number of imidazole rings is 1. The number of nitrogens with one attached hydrogen (secondary N) is 1. The number of furan rings is 1. The molecule has 1 N–H and O–H groups in total. The van der Waals surface area contributed by atoms with E-state index in [1.807, 2.05) is 18.7 Å². The van der Waals surface area contributed by atoms with Gasteiger partial charge in [0.25, 0.3) is 0 Å². The summed E-state index contributed by atoms with van der Waals surface area (Å²) in [6.07, 6.45) is 5.78. The lowest BCUT2D eigenvalue weighted by Crippen LogP contribution is -2.33. The molecule has 0 aliphatic carbocycles. The smallest absolute Gasteiger partial charge is 0.122 e. The minimum absolute atomic E-state index is 0.860. The van der Waals surface area contributed by atoms with Crippen LogP contribution in [0.1, 0.15) is 24.1 Å². The van der Waals surface area contributed by atoms with Crippen molar-refractivity contribution in [1.29, 1.82) is 0 Å². The fourth-order valence-corrected chi connectivity index (χ4v) is 2.45. The predicted molar refractivity (Wildman–Crippen MR) is 72.4 cm³/mol. The van der Waals surface area contributed by atoms with Gasteiger partial charge in [-0.15, -0.1) is 0 Å². The van der Waals surface area contributed by atoms with Crippen LogP contribution in [0.3, 0.4) is 0 Å². The summed E-state index contributed by atoms with van der Waals surface area (Å²) in [5, 5.41) is 3.30. The molecule has 0 bridgehead atoms. The second-order valence-electron chi connectivity index (χ2n) is 4.95. The fourth-order valence-electron chi connectivity index (χ4n) is 2.45. The second-order valence-corrected chi connectivity index (χ2v) is 4.95. The third-order valence-electron chi connectivity index (χ3n) is 3.49. The van der Waals surface area contributed by atoms with Gasteiger partial charge < -0.3 is 14.3 Å². The van der Waals surface area contributed by atoms with Gasteiger partial charge >= 0.3 is 0 Å². The van der Waals surface area contributed by atoms with Crippen LogP contribution in [-0.4, -0.2) is 27.5 Å². The third kappa shape index (κ3) is 2.88. The van der Waals surface area contributed by atoms with Crippen LogP contribution in [0.25, 0.3) is 0 Å². The number of hydrogen-bond donors (Lipinski definition) is 1. The zero-order valence-electron chi connectivity index (χ0n) is 11.3. The molecule has 0 saturated carbocycles. The highest BCUT2D eigenvalue weighted by Gasteiger charge is 2.17. The van der Waals surface area contributed by atoms with E-state index in [1.54, 1.807) is 0 Å². The lowest BCUT2D eigenvalue weighted by atomic mass is 10.2. The van der Waals surface area contributed by atoms with Crippen molar-refractivity contribution in [3.05, 3.63) is 41.9 Å². The standard InChI is InChI=1S/C14H20N4O/c1-2-15-8-12-7-13(19-11-12)9-17-5-6-18-4-3-16-14(18)10-17/h3-4,7,11,15H,2,5-6,8-10H2,1H3. The van der Waals surface area contributed by atoms with Crippen LogP contribution >= 0.6 is 0 Å². The maximum atomic E-state index is 5.63. The Morgan fingerprint density at radius 3 is 3.26 bits per heavy atom. The molecule has 3 rings (SSSR count). The van der Waals surface area contributed by atoms with E-state index in [4.69, 9.17) is 4.42 Å². The van der Waals surface area contributed by atoms with E-state index in [0.29, 0.717) is 0 Å². The molecule has 2 aromatic rings. The van der Waals surface area contributed by atoms with Crippen LogP contribution in [0.4, 0.5) is 0 Å². The van der Waals surface area contributed by atoms with E-state index in [1.165, 1.54) is 5.56 Å². The molecule has 0 aromatic carbocycles. The first-order valence-electron chi connectivity index (χ1n) is 6.84. The average molecular weight is 260 g/mol. The highest BCUT2D eigenvalue weighted by molar-refractivity contribution is 5.13. The Balaban J connectivity index is 1.58. The van der Waals surface area contributed by atoms with E-state index in [0.717, 1.165) is 50.9 Å². The number of aromatic nitrogens is 2. The molecule has 102 valence electrons. The molecule has 0 amide bonds. The Labute approximate surface area is 113 Å². The van der Waals surface area contributed by atoms with Crippen LogP contribution in [0.2, 0.25) is 0 Å². The molecule has 1 aliphatic rings. The summed E-state index contributed by atoms with van der Waals surface area (Å²) in [6, 6.07) is 2.14. The fraction of sp³-hybridized carbons (Fsp3) is 0.500. The van der Waals surface area contributed by atoms with Gasteiger partial charge in [-0.3, -0.25) is 4.90 Å². The van der Waals surface area contributed by atoms with Gasteiger partial charge in [-0.2, -0.15) is 0 Å².